The van der Waals surface area contributed by atoms with Gasteiger partial charge in [-0.15, -0.1) is 0 Å². The second-order valence-corrected chi connectivity index (χ2v) is 7.43. The molecule has 0 aliphatic carbocycles. The number of anilines is 1. The molecule has 0 saturated carbocycles. The second-order valence-electron chi connectivity index (χ2n) is 7.43. The molecule has 24 heavy (non-hydrogen) atoms. The molecule has 8 heteroatoms. The topological polar surface area (TPSA) is 79.7 Å². The summed E-state index contributed by atoms with van der Waals surface area (Å²) in [7, 11) is 1.84. The molecule has 132 valence electrons. The summed E-state index contributed by atoms with van der Waals surface area (Å²) in [5.41, 5.74) is 0.531. The fraction of sp³-hybridized carbons (Fsp3) is 0.688. The molecule has 0 spiro atoms. The summed E-state index contributed by atoms with van der Waals surface area (Å²) in [6.45, 7) is 7.35. The lowest BCUT2D eigenvalue weighted by molar-refractivity contribution is 0.0163. The van der Waals surface area contributed by atoms with Crippen LogP contribution in [-0.4, -0.2) is 56.4 Å². The van der Waals surface area contributed by atoms with Gasteiger partial charge in [0.1, 0.15) is 5.60 Å². The van der Waals surface area contributed by atoms with Gasteiger partial charge >= 0.3 is 12.1 Å². The molecule has 0 radical (unpaired) electrons. The minimum Gasteiger partial charge on any atom is -0.444 e. The van der Waals surface area contributed by atoms with Crippen LogP contribution in [0.4, 0.5) is 15.4 Å². The highest BCUT2D eigenvalue weighted by Gasteiger charge is 2.34. The van der Waals surface area contributed by atoms with Crippen LogP contribution in [0, 0.1) is 0 Å². The van der Waals surface area contributed by atoms with Gasteiger partial charge in [0.05, 0.1) is 6.54 Å². The van der Waals surface area contributed by atoms with E-state index in [-0.39, 0.29) is 18.2 Å². The zero-order valence-corrected chi connectivity index (χ0v) is 14.7. The van der Waals surface area contributed by atoms with E-state index in [2.05, 4.69) is 10.4 Å². The Morgan fingerprint density at radius 3 is 2.62 bits per heavy atom. The summed E-state index contributed by atoms with van der Waals surface area (Å²) >= 11 is 0. The summed E-state index contributed by atoms with van der Waals surface area (Å²) in [4.78, 5) is 28.0. The highest BCUT2D eigenvalue weighted by molar-refractivity contribution is 5.91. The van der Waals surface area contributed by atoms with Crippen molar-refractivity contribution in [3.05, 3.63) is 11.8 Å². The summed E-state index contributed by atoms with van der Waals surface area (Å²) < 4.78 is 7.12. The van der Waals surface area contributed by atoms with Crippen LogP contribution in [0.5, 0.6) is 0 Å². The van der Waals surface area contributed by atoms with Crippen molar-refractivity contribution in [2.24, 2.45) is 7.05 Å². The van der Waals surface area contributed by atoms with E-state index in [4.69, 9.17) is 4.74 Å². The Kier molecular flexibility index (Phi) is 4.15. The van der Waals surface area contributed by atoms with E-state index in [1.54, 1.807) is 9.58 Å². The maximum Gasteiger partial charge on any atom is 0.410 e. The first-order valence-electron chi connectivity index (χ1n) is 8.31. The maximum absolute atomic E-state index is 12.3. The van der Waals surface area contributed by atoms with E-state index >= 15 is 0 Å². The SMILES string of the molecule is Cn1cc2c(n1)NC(=O)N(C1CCN(C(=O)OC(C)(C)C)CC1)C2. The molecule has 8 nitrogen and oxygen atoms in total. The molecular weight excluding hydrogens is 310 g/mol. The Morgan fingerprint density at radius 1 is 1.33 bits per heavy atom. The largest absolute Gasteiger partial charge is 0.444 e. The molecule has 3 amide bonds. The monoisotopic (exact) mass is 335 g/mol. The number of hydrogen-bond donors (Lipinski definition) is 1. The number of rotatable bonds is 1. The lowest BCUT2D eigenvalue weighted by Crippen LogP contribution is -2.51. The number of urea groups is 1. The Bertz CT molecular complexity index is 641. The second kappa shape index (κ2) is 5.99. The molecule has 2 aliphatic heterocycles. The number of ether oxygens (including phenoxy) is 1. The Balaban J connectivity index is 1.59. The predicted molar refractivity (Wildman–Crippen MR) is 88.6 cm³/mol. The number of aryl methyl sites for hydroxylation is 1. The molecule has 3 rings (SSSR count). The molecule has 1 saturated heterocycles. The summed E-state index contributed by atoms with van der Waals surface area (Å²) in [6, 6.07) is 0.00830. The van der Waals surface area contributed by atoms with Gasteiger partial charge in [-0.2, -0.15) is 5.10 Å². The van der Waals surface area contributed by atoms with Crippen molar-refractivity contribution >= 4 is 17.9 Å². The van der Waals surface area contributed by atoms with Crippen molar-refractivity contribution < 1.29 is 14.3 Å². The van der Waals surface area contributed by atoms with E-state index in [1.807, 2.05) is 38.9 Å². The van der Waals surface area contributed by atoms with Gasteiger partial charge in [-0.1, -0.05) is 0 Å². The molecule has 0 aromatic carbocycles. The van der Waals surface area contributed by atoms with Gasteiger partial charge in [-0.05, 0) is 33.6 Å². The number of aromatic nitrogens is 2. The molecule has 0 atom stereocenters. The standard InChI is InChI=1S/C16H25N5O3/c1-16(2,3)24-15(23)20-7-5-12(6-8-20)21-10-11-9-19(4)18-13(11)17-14(21)22/h9,12H,5-8,10H2,1-4H3,(H,17,18,22). The minimum atomic E-state index is -0.489. The lowest BCUT2D eigenvalue weighted by Gasteiger charge is -2.39. The average molecular weight is 335 g/mol. The highest BCUT2D eigenvalue weighted by atomic mass is 16.6. The van der Waals surface area contributed by atoms with Crippen molar-refractivity contribution in [2.45, 2.75) is 51.8 Å². The number of nitrogens with one attached hydrogen (secondary N) is 1. The van der Waals surface area contributed by atoms with Gasteiger partial charge in [0.15, 0.2) is 5.82 Å². The van der Waals surface area contributed by atoms with Crippen LogP contribution in [0.25, 0.3) is 0 Å². The first-order chi connectivity index (χ1) is 11.2. The number of likely N-dealkylation sites (tertiary alicyclic amines) is 1. The van der Waals surface area contributed by atoms with Crippen LogP contribution in [0.1, 0.15) is 39.2 Å². The number of piperidine rings is 1. The predicted octanol–water partition coefficient (Wildman–Crippen LogP) is 2.17. The van der Waals surface area contributed by atoms with Crippen LogP contribution >= 0.6 is 0 Å². The molecule has 1 fully saturated rings. The molecule has 0 bridgehead atoms. The van der Waals surface area contributed by atoms with Gasteiger partial charge in [-0.25, -0.2) is 9.59 Å². The van der Waals surface area contributed by atoms with Crippen LogP contribution in [0.3, 0.4) is 0 Å². The first kappa shape index (κ1) is 16.6. The maximum atomic E-state index is 12.3. The highest BCUT2D eigenvalue weighted by Crippen LogP contribution is 2.27. The third kappa shape index (κ3) is 3.47. The molecule has 2 aliphatic rings. The summed E-state index contributed by atoms with van der Waals surface area (Å²) in [5, 5.41) is 7.08. The van der Waals surface area contributed by atoms with Crippen LogP contribution < -0.4 is 5.32 Å². The van der Waals surface area contributed by atoms with Gasteiger partial charge in [0, 0.05) is 37.9 Å². The molecular formula is C16H25N5O3. The quantitative estimate of drug-likeness (QED) is 0.853. The number of amides is 3. The van der Waals surface area contributed by atoms with Crippen molar-refractivity contribution in [3.63, 3.8) is 0 Å². The van der Waals surface area contributed by atoms with E-state index in [9.17, 15) is 9.59 Å². The van der Waals surface area contributed by atoms with Gasteiger partial charge < -0.3 is 14.5 Å². The van der Waals surface area contributed by atoms with Gasteiger partial charge in [0.2, 0.25) is 0 Å². The molecule has 0 unspecified atom stereocenters. The lowest BCUT2D eigenvalue weighted by atomic mass is 10.0. The third-order valence-electron chi connectivity index (χ3n) is 4.29. The number of carbonyl (C=O) groups is 2. The van der Waals surface area contributed by atoms with Crippen molar-refractivity contribution in [1.82, 2.24) is 19.6 Å². The zero-order chi connectivity index (χ0) is 17.5. The minimum absolute atomic E-state index is 0.114. The summed E-state index contributed by atoms with van der Waals surface area (Å²) in [5.74, 6) is 0.643. The smallest absolute Gasteiger partial charge is 0.410 e. The fourth-order valence-corrected chi connectivity index (χ4v) is 3.17. The molecule has 1 N–H and O–H groups in total. The molecule has 3 heterocycles. The van der Waals surface area contributed by atoms with Crippen molar-refractivity contribution in [1.29, 1.82) is 0 Å². The van der Waals surface area contributed by atoms with Gasteiger partial charge in [0.25, 0.3) is 0 Å². The number of hydrogen-bond acceptors (Lipinski definition) is 4. The fourth-order valence-electron chi connectivity index (χ4n) is 3.17. The normalized spacial score (nSPS) is 19.1. The summed E-state index contributed by atoms with van der Waals surface area (Å²) in [6.07, 6.45) is 3.15. The Labute approximate surface area is 141 Å². The van der Waals surface area contributed by atoms with E-state index in [1.165, 1.54) is 0 Å². The van der Waals surface area contributed by atoms with Crippen LogP contribution in [0.15, 0.2) is 6.20 Å². The van der Waals surface area contributed by atoms with Crippen LogP contribution in [0.2, 0.25) is 0 Å². The van der Waals surface area contributed by atoms with E-state index < -0.39 is 5.60 Å². The van der Waals surface area contributed by atoms with Crippen LogP contribution in [-0.2, 0) is 18.3 Å². The Morgan fingerprint density at radius 2 is 2.00 bits per heavy atom. The average Bonchev–Trinajstić information content (AvgIpc) is 2.84. The van der Waals surface area contributed by atoms with E-state index in [0.717, 1.165) is 18.4 Å². The van der Waals surface area contributed by atoms with Crippen molar-refractivity contribution in [3.8, 4) is 0 Å². The van der Waals surface area contributed by atoms with Gasteiger partial charge in [-0.3, -0.25) is 10.00 Å². The number of carbonyl (C=O) groups excluding carboxylic acids is 2. The zero-order valence-electron chi connectivity index (χ0n) is 14.7. The third-order valence-corrected chi connectivity index (χ3v) is 4.29. The van der Waals surface area contributed by atoms with Crippen molar-refractivity contribution in [2.75, 3.05) is 18.4 Å². The molecule has 1 aromatic heterocycles. The number of fused-ring (bicyclic) bond motifs is 1. The number of nitrogens with zero attached hydrogens (tertiary/aromatic N) is 4. The molecule has 1 aromatic rings. The Hall–Kier alpha value is -2.25. The van der Waals surface area contributed by atoms with E-state index in [0.29, 0.717) is 25.5 Å². The first-order valence-corrected chi connectivity index (χ1v) is 8.31.